The van der Waals surface area contributed by atoms with Crippen molar-refractivity contribution in [3.63, 3.8) is 0 Å². The molecule has 0 N–H and O–H groups in total. The van der Waals surface area contributed by atoms with Crippen LogP contribution in [0.2, 0.25) is 0 Å². The molecule has 0 amide bonds. The normalized spacial score (nSPS) is 14.5. The van der Waals surface area contributed by atoms with Gasteiger partial charge in [0.15, 0.2) is 0 Å². The van der Waals surface area contributed by atoms with Crippen molar-refractivity contribution in [3.8, 4) is 55.6 Å². The summed E-state index contributed by atoms with van der Waals surface area (Å²) in [6.45, 7) is 8.96. The van der Waals surface area contributed by atoms with Gasteiger partial charge in [-0.1, -0.05) is 202 Å². The van der Waals surface area contributed by atoms with E-state index in [1.54, 1.807) is 0 Å². The topological polar surface area (TPSA) is 3.24 Å². The highest BCUT2D eigenvalue weighted by molar-refractivity contribution is 5.96. The third-order valence-corrected chi connectivity index (χ3v) is 14.3. The summed E-state index contributed by atoms with van der Waals surface area (Å²) in [6, 6.07) is 80.6. The summed E-state index contributed by atoms with van der Waals surface area (Å²) in [4.78, 5) is 2.38. The number of allylic oxidation sites excluding steroid dienone is 4. The van der Waals surface area contributed by atoms with Gasteiger partial charge in [0.2, 0.25) is 0 Å². The van der Waals surface area contributed by atoms with E-state index < -0.39 is 5.41 Å². The first-order chi connectivity index (χ1) is 31.9. The lowest BCUT2D eigenvalue weighted by molar-refractivity contribution is 0.654. The average Bonchev–Trinajstić information content (AvgIpc) is 3.92. The maximum Gasteiger partial charge on any atom is 0.0726 e. The lowest BCUT2D eigenvalue weighted by Crippen LogP contribution is -2.26. The third kappa shape index (κ3) is 5.93. The Morgan fingerprint density at radius 2 is 0.785 bits per heavy atom. The fourth-order valence-electron chi connectivity index (χ4n) is 11.3. The van der Waals surface area contributed by atoms with Crippen LogP contribution in [0, 0.1) is 0 Å². The fraction of sp³-hybridized carbons (Fsp3) is 0.0625. The minimum atomic E-state index is -0.443. The van der Waals surface area contributed by atoms with E-state index in [1.165, 1.54) is 100 Å². The van der Waals surface area contributed by atoms with Crippen LogP contribution in [-0.4, -0.2) is 0 Å². The van der Waals surface area contributed by atoms with Gasteiger partial charge in [0.05, 0.1) is 5.41 Å². The Bertz CT molecular complexity index is 3280. The molecule has 1 nitrogen and oxygen atoms in total. The van der Waals surface area contributed by atoms with Crippen molar-refractivity contribution < 1.29 is 0 Å². The molecule has 0 radical (unpaired) electrons. The van der Waals surface area contributed by atoms with E-state index in [-0.39, 0.29) is 5.41 Å². The first kappa shape index (κ1) is 38.7. The zero-order chi connectivity index (χ0) is 43.7. The van der Waals surface area contributed by atoms with Crippen molar-refractivity contribution in [3.05, 3.63) is 282 Å². The van der Waals surface area contributed by atoms with E-state index in [4.69, 9.17) is 0 Å². The highest BCUT2D eigenvalue weighted by Crippen LogP contribution is 2.63. The van der Waals surface area contributed by atoms with Crippen LogP contribution in [0.3, 0.4) is 0 Å². The summed E-state index contributed by atoms with van der Waals surface area (Å²) >= 11 is 0. The monoisotopic (exact) mass is 829 g/mol. The number of nitrogens with zero attached hydrogens (tertiary/aromatic N) is 1. The minimum Gasteiger partial charge on any atom is -0.317 e. The Labute approximate surface area is 382 Å². The quantitative estimate of drug-likeness (QED) is 0.147. The SMILES string of the molecule is C=CC1=C(/C=C\N(c2ccc(-c3cc(-c4ccccc4)cc(-c4ccccc4)c3)cc2)c2ccc3c(c2)C2(c4ccccc4-c4ccccc42)c2ccccc2-3)c2ccccc2C1(C)C. The largest absolute Gasteiger partial charge is 0.317 e. The molecule has 12 rings (SSSR count). The first-order valence-corrected chi connectivity index (χ1v) is 22.7. The van der Waals surface area contributed by atoms with Crippen LogP contribution in [0.5, 0.6) is 0 Å². The van der Waals surface area contributed by atoms with E-state index in [0.29, 0.717) is 0 Å². The zero-order valence-electron chi connectivity index (χ0n) is 36.7. The van der Waals surface area contributed by atoms with E-state index in [2.05, 4.69) is 262 Å². The Morgan fingerprint density at radius 1 is 0.369 bits per heavy atom. The molecule has 0 bridgehead atoms. The molecule has 0 fully saturated rings. The summed E-state index contributed by atoms with van der Waals surface area (Å²) in [5.74, 6) is 0. The molecule has 0 heterocycles. The van der Waals surface area contributed by atoms with Gasteiger partial charge < -0.3 is 4.90 Å². The van der Waals surface area contributed by atoms with Crippen LogP contribution in [0.25, 0.3) is 61.2 Å². The molecular formula is C64H47N. The molecule has 0 unspecified atom stereocenters. The van der Waals surface area contributed by atoms with E-state index in [0.717, 1.165) is 11.4 Å². The maximum atomic E-state index is 4.34. The Balaban J connectivity index is 1.04. The number of rotatable bonds is 8. The number of hydrogen-bond donors (Lipinski definition) is 0. The van der Waals surface area contributed by atoms with Crippen LogP contribution in [0.1, 0.15) is 47.2 Å². The van der Waals surface area contributed by atoms with Crippen molar-refractivity contribution in [1.82, 2.24) is 0 Å². The summed E-state index contributed by atoms with van der Waals surface area (Å²) < 4.78 is 0. The highest BCUT2D eigenvalue weighted by Gasteiger charge is 2.51. The molecule has 9 aromatic carbocycles. The van der Waals surface area contributed by atoms with Crippen LogP contribution >= 0.6 is 0 Å². The molecule has 0 aromatic heterocycles. The molecule has 9 aromatic rings. The van der Waals surface area contributed by atoms with Crippen LogP contribution in [0.15, 0.2) is 249 Å². The molecule has 308 valence electrons. The fourth-order valence-corrected chi connectivity index (χ4v) is 11.3. The van der Waals surface area contributed by atoms with Crippen molar-refractivity contribution in [2.45, 2.75) is 24.7 Å². The third-order valence-electron chi connectivity index (χ3n) is 14.3. The second kappa shape index (κ2) is 15.1. The van der Waals surface area contributed by atoms with Gasteiger partial charge in [-0.25, -0.2) is 0 Å². The molecule has 3 aliphatic carbocycles. The van der Waals surface area contributed by atoms with Gasteiger partial charge in [0.1, 0.15) is 0 Å². The summed E-state index contributed by atoms with van der Waals surface area (Å²) in [5, 5.41) is 0. The van der Waals surface area contributed by atoms with Crippen molar-refractivity contribution >= 4 is 16.9 Å². The molecular weight excluding hydrogens is 783 g/mol. The highest BCUT2D eigenvalue weighted by atomic mass is 15.1. The Hall–Kier alpha value is -8.00. The van der Waals surface area contributed by atoms with Gasteiger partial charge in [0.25, 0.3) is 0 Å². The van der Waals surface area contributed by atoms with Gasteiger partial charge in [-0.05, 0) is 149 Å². The van der Waals surface area contributed by atoms with Crippen molar-refractivity contribution in [2.24, 2.45) is 0 Å². The van der Waals surface area contributed by atoms with Crippen molar-refractivity contribution in [1.29, 1.82) is 0 Å². The number of hydrogen-bond acceptors (Lipinski definition) is 1. The van der Waals surface area contributed by atoms with Crippen LogP contribution in [-0.2, 0) is 10.8 Å². The van der Waals surface area contributed by atoms with Gasteiger partial charge in [-0.2, -0.15) is 0 Å². The van der Waals surface area contributed by atoms with Crippen molar-refractivity contribution in [2.75, 3.05) is 4.90 Å². The van der Waals surface area contributed by atoms with E-state index in [9.17, 15) is 0 Å². The molecule has 65 heavy (non-hydrogen) atoms. The lowest BCUT2D eigenvalue weighted by Gasteiger charge is -2.31. The second-order valence-electron chi connectivity index (χ2n) is 18.1. The first-order valence-electron chi connectivity index (χ1n) is 22.7. The predicted octanol–water partition coefficient (Wildman–Crippen LogP) is 16.6. The van der Waals surface area contributed by atoms with E-state index in [1.807, 2.05) is 0 Å². The molecule has 0 aliphatic heterocycles. The van der Waals surface area contributed by atoms with E-state index >= 15 is 0 Å². The molecule has 0 saturated carbocycles. The van der Waals surface area contributed by atoms with Crippen LogP contribution in [0.4, 0.5) is 11.4 Å². The summed E-state index contributed by atoms with van der Waals surface area (Å²) in [6.07, 6.45) is 6.64. The molecule has 1 spiro atoms. The average molecular weight is 830 g/mol. The maximum absolute atomic E-state index is 4.34. The van der Waals surface area contributed by atoms with Gasteiger partial charge >= 0.3 is 0 Å². The summed E-state index contributed by atoms with van der Waals surface area (Å²) in [7, 11) is 0. The molecule has 3 aliphatic rings. The van der Waals surface area contributed by atoms with Gasteiger partial charge in [-0.15, -0.1) is 0 Å². The Morgan fingerprint density at radius 3 is 1.29 bits per heavy atom. The smallest absolute Gasteiger partial charge is 0.0726 e. The van der Waals surface area contributed by atoms with Crippen LogP contribution < -0.4 is 4.90 Å². The zero-order valence-corrected chi connectivity index (χ0v) is 36.7. The lowest BCUT2D eigenvalue weighted by atomic mass is 9.70. The molecule has 0 atom stereocenters. The molecule has 0 saturated heterocycles. The number of fused-ring (bicyclic) bond motifs is 11. The number of anilines is 2. The predicted molar refractivity (Wildman–Crippen MR) is 273 cm³/mol. The molecule has 1 heteroatoms. The second-order valence-corrected chi connectivity index (χ2v) is 18.1. The minimum absolute atomic E-state index is 0.160. The van der Waals surface area contributed by atoms with Gasteiger partial charge in [0, 0.05) is 23.0 Å². The summed E-state index contributed by atoms with van der Waals surface area (Å²) in [5.41, 5.74) is 24.3. The van der Waals surface area contributed by atoms with Gasteiger partial charge in [-0.3, -0.25) is 0 Å². The number of benzene rings is 9. The Kier molecular flexibility index (Phi) is 8.97. The standard InChI is InChI=1S/C64H47N/c1-4-57-56(51-23-11-15-27-58(51)63(57,2)3)37-38-65(49-33-31-45(32-34-49)48-40-46(43-19-7-5-8-20-43)39-47(41-48)44-21-9-6-10-22-44)50-35-36-55-54-26-14-18-30-61(54)64(62(55)42-50)59-28-16-12-24-52(59)53-25-13-17-29-60(53)64/h4-42H,1H2,2-3H3/b38-37-.